The summed E-state index contributed by atoms with van der Waals surface area (Å²) in [6.07, 6.45) is 9.57. The molecule has 1 radical (unpaired) electrons. The van der Waals surface area contributed by atoms with Crippen LogP contribution in [0.15, 0.2) is 71.1 Å². The Labute approximate surface area is 318 Å². The average molecular weight is 864 g/mol. The number of aliphatic hydroxyl groups excluding tert-OH is 1. The Kier molecular flexibility index (Phi) is 13.6. The first-order valence-corrected chi connectivity index (χ1v) is 18.7. The first-order chi connectivity index (χ1) is 23.9. The molecular weight excluding hydrogens is 809 g/mol. The van der Waals surface area contributed by atoms with Gasteiger partial charge in [-0.25, -0.2) is 4.98 Å². The van der Waals surface area contributed by atoms with Gasteiger partial charge in [0.1, 0.15) is 23.2 Å². The molecule has 2 aromatic heterocycles. The molecule has 1 aliphatic rings. The van der Waals surface area contributed by atoms with E-state index >= 15 is 0 Å². The predicted molar refractivity (Wildman–Crippen MR) is 208 cm³/mol. The zero-order chi connectivity index (χ0) is 36.2. The van der Waals surface area contributed by atoms with E-state index in [1.165, 1.54) is 33.7 Å². The number of aliphatic hydroxyl groups is 1. The normalized spacial score (nSPS) is 12.9. The number of aromatic nitrogens is 2. The first-order valence-electron chi connectivity index (χ1n) is 18.7. The van der Waals surface area contributed by atoms with Crippen molar-refractivity contribution in [3.63, 3.8) is 0 Å². The molecule has 5 aromatic rings. The van der Waals surface area contributed by atoms with Crippen molar-refractivity contribution in [1.29, 1.82) is 0 Å². The van der Waals surface area contributed by atoms with Crippen LogP contribution in [-0.2, 0) is 49.6 Å². The maximum Gasteiger partial charge on any atom is 0.162 e. The second-order valence-electron chi connectivity index (χ2n) is 15.2. The summed E-state index contributed by atoms with van der Waals surface area (Å²) in [7, 11) is 0. The minimum absolute atomic E-state index is 0. The number of allylic oxidation sites excluding steroid dienone is 2. The number of hydrogen-bond acceptors (Lipinski definition) is 5. The van der Waals surface area contributed by atoms with E-state index in [-0.39, 0.29) is 48.9 Å². The van der Waals surface area contributed by atoms with Crippen LogP contribution < -0.4 is 0 Å². The van der Waals surface area contributed by atoms with Crippen molar-refractivity contribution in [1.82, 2.24) is 9.97 Å². The molecule has 0 atom stereocenters. The van der Waals surface area contributed by atoms with Crippen molar-refractivity contribution >= 4 is 27.7 Å². The molecule has 0 fully saturated rings. The van der Waals surface area contributed by atoms with E-state index in [4.69, 9.17) is 14.4 Å². The third kappa shape index (κ3) is 8.72. The summed E-state index contributed by atoms with van der Waals surface area (Å²) < 4.78 is 6.55. The second-order valence-corrected chi connectivity index (χ2v) is 15.2. The van der Waals surface area contributed by atoms with E-state index in [1.807, 2.05) is 27.7 Å². The van der Waals surface area contributed by atoms with Gasteiger partial charge in [-0.15, -0.1) is 29.1 Å². The largest absolute Gasteiger partial charge is 0.512 e. The van der Waals surface area contributed by atoms with Gasteiger partial charge in [0.2, 0.25) is 0 Å². The average Bonchev–Trinajstić information content (AvgIpc) is 3.48. The molecule has 0 unspecified atom stereocenters. The summed E-state index contributed by atoms with van der Waals surface area (Å²) in [6, 6.07) is 21.0. The van der Waals surface area contributed by atoms with Crippen LogP contribution in [0.25, 0.3) is 44.3 Å². The number of furan rings is 1. The number of ketones is 1. The number of carbonyl (C=O) groups is 1. The van der Waals surface area contributed by atoms with Gasteiger partial charge < -0.3 is 9.52 Å². The molecule has 0 spiro atoms. The van der Waals surface area contributed by atoms with Crippen molar-refractivity contribution in [2.24, 2.45) is 17.8 Å². The predicted octanol–water partition coefficient (Wildman–Crippen LogP) is 12.0. The number of hydrogen-bond donors (Lipinski definition) is 1. The number of aryl methyl sites for hydroxylation is 1. The Morgan fingerprint density at radius 3 is 2.27 bits per heavy atom. The molecule has 0 amide bonds. The molecule has 2 heterocycles. The number of benzene rings is 3. The van der Waals surface area contributed by atoms with Gasteiger partial charge in [0, 0.05) is 50.0 Å². The van der Waals surface area contributed by atoms with E-state index in [9.17, 15) is 9.90 Å². The first kappa shape index (κ1) is 40.2. The maximum atomic E-state index is 11.7. The van der Waals surface area contributed by atoms with Crippen LogP contribution in [0.1, 0.15) is 110 Å². The molecule has 6 heteroatoms. The summed E-state index contributed by atoms with van der Waals surface area (Å²) in [6.45, 7) is 19.4. The molecular formula is C45H55IrN2O3-. The van der Waals surface area contributed by atoms with Gasteiger partial charge >= 0.3 is 0 Å². The number of rotatable bonds is 10. The fourth-order valence-corrected chi connectivity index (χ4v) is 7.39. The molecule has 0 aliphatic heterocycles. The summed E-state index contributed by atoms with van der Waals surface area (Å²) in [4.78, 5) is 21.2. The molecule has 0 saturated heterocycles. The minimum Gasteiger partial charge on any atom is -0.512 e. The van der Waals surface area contributed by atoms with Crippen LogP contribution in [0, 0.1) is 23.8 Å². The van der Waals surface area contributed by atoms with Gasteiger partial charge in [-0.3, -0.25) is 9.78 Å². The molecule has 6 rings (SSSR count). The van der Waals surface area contributed by atoms with Gasteiger partial charge in [0.15, 0.2) is 5.78 Å². The van der Waals surface area contributed by atoms with Crippen molar-refractivity contribution in [2.45, 2.75) is 113 Å². The Balaban J connectivity index is 0.000000312. The van der Waals surface area contributed by atoms with Gasteiger partial charge in [-0.2, -0.15) is 0 Å². The maximum absolute atomic E-state index is 11.7. The minimum atomic E-state index is -0.0102. The van der Waals surface area contributed by atoms with E-state index in [0.717, 1.165) is 84.0 Å². The van der Waals surface area contributed by atoms with Crippen LogP contribution in [0.5, 0.6) is 0 Å². The SMILES string of the molecule is CC(C)Cc1cccc2c1CCc1oc3c(-c4[c-]c5ccccc5c(C(C)(C)C)c4)ncnc3c1-2.CCC(CC)C(=O)/C=C(\O)C(CC)CC.[Ir]. The number of carbonyl (C=O) groups excluding carboxylic acids is 1. The standard InChI is InChI=1S/C32H31N2O.C13H24O2.Ir/c1-19(2)15-20-10-8-12-25-23(20)13-14-27-28(25)30-31(35-27)29(33-18-34-30)22-16-21-9-6-7-11-24(21)26(17-22)32(3,4)5;1-5-10(6-2)12(14)9-13(15)11(7-3)8-4;/h6-12,17-19H,13-15H2,1-5H3;9-11,14H,5-8H2,1-4H3;/q-1;;/b;12-9-;. The Hall–Kier alpha value is -3.60. The summed E-state index contributed by atoms with van der Waals surface area (Å²) in [5.41, 5.74) is 10.0. The van der Waals surface area contributed by atoms with Crippen molar-refractivity contribution in [3.8, 4) is 22.4 Å². The van der Waals surface area contributed by atoms with Gasteiger partial charge in [-0.1, -0.05) is 110 Å². The molecule has 3 aromatic carbocycles. The molecule has 1 N–H and O–H groups in total. The zero-order valence-corrected chi connectivity index (χ0v) is 34.3. The smallest absolute Gasteiger partial charge is 0.162 e. The fraction of sp³-hybridized carbons (Fsp3) is 0.444. The third-order valence-corrected chi connectivity index (χ3v) is 10.2. The molecule has 273 valence electrons. The van der Waals surface area contributed by atoms with Crippen molar-refractivity contribution < 1.29 is 34.4 Å². The molecule has 1 aliphatic carbocycles. The van der Waals surface area contributed by atoms with Crippen LogP contribution in [0.4, 0.5) is 0 Å². The zero-order valence-electron chi connectivity index (χ0n) is 31.9. The molecule has 0 bridgehead atoms. The van der Waals surface area contributed by atoms with E-state index in [1.54, 1.807) is 6.33 Å². The Morgan fingerprint density at radius 1 is 0.941 bits per heavy atom. The van der Waals surface area contributed by atoms with Crippen molar-refractivity contribution in [3.05, 3.63) is 95.2 Å². The van der Waals surface area contributed by atoms with Gasteiger partial charge in [0.05, 0.1) is 11.5 Å². The molecule has 0 saturated carbocycles. The second kappa shape index (κ2) is 17.3. The number of fused-ring (bicyclic) bond motifs is 6. The van der Waals surface area contributed by atoms with Gasteiger partial charge in [0.25, 0.3) is 0 Å². The van der Waals surface area contributed by atoms with Gasteiger partial charge in [-0.05, 0) is 66.5 Å². The summed E-state index contributed by atoms with van der Waals surface area (Å²) >= 11 is 0. The Bertz CT molecular complexity index is 1990. The summed E-state index contributed by atoms with van der Waals surface area (Å²) in [5.74, 6) is 2.19. The Morgan fingerprint density at radius 2 is 1.63 bits per heavy atom. The van der Waals surface area contributed by atoms with Crippen LogP contribution >= 0.6 is 0 Å². The van der Waals surface area contributed by atoms with Crippen LogP contribution in [0.3, 0.4) is 0 Å². The quantitative estimate of drug-likeness (QED) is 0.0860. The molecule has 51 heavy (non-hydrogen) atoms. The monoisotopic (exact) mass is 864 g/mol. The fourth-order valence-electron chi connectivity index (χ4n) is 7.39. The van der Waals surface area contributed by atoms with E-state index in [2.05, 4.69) is 89.2 Å². The van der Waals surface area contributed by atoms with E-state index < -0.39 is 0 Å². The van der Waals surface area contributed by atoms with Crippen LogP contribution in [-0.4, -0.2) is 20.9 Å². The number of nitrogens with zero attached hydrogens (tertiary/aromatic N) is 2. The van der Waals surface area contributed by atoms with Crippen molar-refractivity contribution in [2.75, 3.05) is 0 Å². The topological polar surface area (TPSA) is 76.2 Å². The summed E-state index contributed by atoms with van der Waals surface area (Å²) in [5, 5.41) is 12.1. The van der Waals surface area contributed by atoms with E-state index in [0.29, 0.717) is 5.92 Å². The third-order valence-electron chi connectivity index (χ3n) is 10.2. The molecule has 5 nitrogen and oxygen atoms in total. The van der Waals surface area contributed by atoms with Crippen LogP contribution in [0.2, 0.25) is 0 Å².